The van der Waals surface area contributed by atoms with Gasteiger partial charge in [0.15, 0.2) is 0 Å². The molecule has 0 radical (unpaired) electrons. The summed E-state index contributed by atoms with van der Waals surface area (Å²) in [6.07, 6.45) is 6.23. The van der Waals surface area contributed by atoms with Crippen LogP contribution in [0.25, 0.3) is 10.9 Å². The molecule has 0 bridgehead atoms. The molecule has 0 spiro atoms. The molecule has 1 aliphatic heterocycles. The summed E-state index contributed by atoms with van der Waals surface area (Å²) in [5.74, 6) is 1.53. The number of anilines is 1. The highest BCUT2D eigenvalue weighted by molar-refractivity contribution is 5.81. The number of rotatable bonds is 6. The van der Waals surface area contributed by atoms with Gasteiger partial charge in [0.1, 0.15) is 5.82 Å². The van der Waals surface area contributed by atoms with E-state index in [0.29, 0.717) is 16.8 Å². The third-order valence-electron chi connectivity index (χ3n) is 6.48. The van der Waals surface area contributed by atoms with Crippen LogP contribution in [0.3, 0.4) is 0 Å². The second-order valence-electron chi connectivity index (χ2n) is 8.64. The topological polar surface area (TPSA) is 67.2 Å². The summed E-state index contributed by atoms with van der Waals surface area (Å²) in [6, 6.07) is 5.43. The lowest BCUT2D eigenvalue weighted by molar-refractivity contribution is 0.125. The number of fused-ring (bicyclic) bond motifs is 1. The van der Waals surface area contributed by atoms with Crippen molar-refractivity contribution in [3.8, 4) is 0 Å². The molecule has 7 nitrogen and oxygen atoms in total. The van der Waals surface area contributed by atoms with Crippen LogP contribution in [0.4, 0.5) is 14.5 Å². The van der Waals surface area contributed by atoms with Gasteiger partial charge >= 0.3 is 0 Å². The highest BCUT2D eigenvalue weighted by atomic mass is 19.3. The molecule has 0 amide bonds. The molecule has 1 saturated carbocycles. The Labute approximate surface area is 184 Å². The van der Waals surface area contributed by atoms with Crippen molar-refractivity contribution in [2.75, 3.05) is 31.1 Å². The van der Waals surface area contributed by atoms with Crippen molar-refractivity contribution in [2.45, 2.75) is 44.7 Å². The SMILES string of the molecule is O=c1c2ccc(N3CCN(Cc4cnc(C5CCC5)nc4)CC3)cc2ncn1CC(F)F. The van der Waals surface area contributed by atoms with Crippen LogP contribution in [-0.4, -0.2) is 57.0 Å². The van der Waals surface area contributed by atoms with Crippen LogP contribution >= 0.6 is 0 Å². The molecule has 2 fully saturated rings. The molecule has 2 aromatic heterocycles. The van der Waals surface area contributed by atoms with Crippen molar-refractivity contribution in [3.63, 3.8) is 0 Å². The minimum atomic E-state index is -2.59. The predicted molar refractivity (Wildman–Crippen MR) is 118 cm³/mol. The molecule has 0 unspecified atom stereocenters. The first kappa shape index (κ1) is 20.9. The van der Waals surface area contributed by atoms with Gasteiger partial charge in [-0.1, -0.05) is 6.42 Å². The molecular formula is C23H26F2N6O. The lowest BCUT2D eigenvalue weighted by Crippen LogP contribution is -2.46. The third kappa shape index (κ3) is 4.34. The highest BCUT2D eigenvalue weighted by Gasteiger charge is 2.22. The molecule has 1 saturated heterocycles. The molecule has 0 N–H and O–H groups in total. The summed E-state index contributed by atoms with van der Waals surface area (Å²) in [4.78, 5) is 30.4. The first-order valence-electron chi connectivity index (χ1n) is 11.1. The summed E-state index contributed by atoms with van der Waals surface area (Å²) in [5, 5.41) is 0.362. The fourth-order valence-corrected chi connectivity index (χ4v) is 4.37. The Kier molecular flexibility index (Phi) is 5.82. The first-order chi connectivity index (χ1) is 15.6. The van der Waals surface area contributed by atoms with E-state index in [1.165, 1.54) is 25.6 Å². The summed E-state index contributed by atoms with van der Waals surface area (Å²) in [6.45, 7) is 3.73. The molecule has 5 rings (SSSR count). The minimum absolute atomic E-state index is 0.362. The Morgan fingerprint density at radius 3 is 2.44 bits per heavy atom. The zero-order chi connectivity index (χ0) is 22.1. The van der Waals surface area contributed by atoms with Crippen molar-refractivity contribution in [1.29, 1.82) is 0 Å². The molecular weight excluding hydrogens is 414 g/mol. The standard InChI is InChI=1S/C23H26F2N6O/c24-21(25)14-31-15-28-20-10-18(4-5-19(20)23(31)32)30-8-6-29(7-9-30)13-16-11-26-22(27-12-16)17-2-1-3-17/h4-5,10-12,15,17,21H,1-3,6-9,13-14H2. The summed E-state index contributed by atoms with van der Waals surface area (Å²) in [5.41, 5.74) is 2.22. The molecule has 32 heavy (non-hydrogen) atoms. The summed E-state index contributed by atoms with van der Waals surface area (Å²) >= 11 is 0. The molecule has 0 atom stereocenters. The second kappa shape index (κ2) is 8.90. The Morgan fingerprint density at radius 1 is 1.03 bits per heavy atom. The van der Waals surface area contributed by atoms with Crippen molar-refractivity contribution >= 4 is 16.6 Å². The lowest BCUT2D eigenvalue weighted by Gasteiger charge is -2.36. The molecule has 2 aliphatic rings. The van der Waals surface area contributed by atoms with Crippen LogP contribution < -0.4 is 10.5 Å². The molecule has 168 valence electrons. The number of benzene rings is 1. The number of hydrogen-bond donors (Lipinski definition) is 0. The van der Waals surface area contributed by atoms with Gasteiger partial charge in [0, 0.05) is 62.3 Å². The minimum Gasteiger partial charge on any atom is -0.369 e. The van der Waals surface area contributed by atoms with E-state index in [2.05, 4.69) is 24.8 Å². The van der Waals surface area contributed by atoms with Gasteiger partial charge in [-0.3, -0.25) is 14.3 Å². The average Bonchev–Trinajstić information content (AvgIpc) is 2.76. The smallest absolute Gasteiger partial charge is 0.261 e. The maximum absolute atomic E-state index is 12.6. The first-order valence-corrected chi connectivity index (χ1v) is 11.1. The van der Waals surface area contributed by atoms with E-state index in [0.717, 1.165) is 54.4 Å². The van der Waals surface area contributed by atoms with Gasteiger partial charge in [-0.25, -0.2) is 23.7 Å². The molecule has 3 aromatic rings. The fourth-order valence-electron chi connectivity index (χ4n) is 4.37. The van der Waals surface area contributed by atoms with E-state index in [1.807, 2.05) is 24.5 Å². The van der Waals surface area contributed by atoms with Crippen LogP contribution in [0.5, 0.6) is 0 Å². The monoisotopic (exact) mass is 440 g/mol. The Hall–Kier alpha value is -2.94. The van der Waals surface area contributed by atoms with Gasteiger partial charge in [0.05, 0.1) is 23.8 Å². The zero-order valence-electron chi connectivity index (χ0n) is 17.8. The number of piperazine rings is 1. The predicted octanol–water partition coefficient (Wildman–Crippen LogP) is 3.04. The largest absolute Gasteiger partial charge is 0.369 e. The highest BCUT2D eigenvalue weighted by Crippen LogP contribution is 2.34. The number of aromatic nitrogens is 4. The van der Waals surface area contributed by atoms with Crippen LogP contribution in [0, 0.1) is 0 Å². The van der Waals surface area contributed by atoms with Crippen LogP contribution in [-0.2, 0) is 13.1 Å². The Balaban J connectivity index is 1.21. The van der Waals surface area contributed by atoms with Gasteiger partial charge < -0.3 is 4.90 Å². The fraction of sp³-hybridized carbons (Fsp3) is 0.478. The second-order valence-corrected chi connectivity index (χ2v) is 8.64. The van der Waals surface area contributed by atoms with Gasteiger partial charge in [-0.2, -0.15) is 0 Å². The number of nitrogens with zero attached hydrogens (tertiary/aromatic N) is 6. The van der Waals surface area contributed by atoms with E-state index in [4.69, 9.17) is 0 Å². The van der Waals surface area contributed by atoms with E-state index in [9.17, 15) is 13.6 Å². The molecule has 1 aliphatic carbocycles. The van der Waals surface area contributed by atoms with E-state index in [1.54, 1.807) is 6.07 Å². The zero-order valence-corrected chi connectivity index (χ0v) is 17.8. The maximum Gasteiger partial charge on any atom is 0.261 e. The number of halogens is 2. The number of hydrogen-bond acceptors (Lipinski definition) is 6. The van der Waals surface area contributed by atoms with Crippen molar-refractivity contribution in [2.24, 2.45) is 0 Å². The quantitative estimate of drug-likeness (QED) is 0.587. The molecule has 3 heterocycles. The molecule has 1 aromatic carbocycles. The molecule has 9 heteroatoms. The summed E-state index contributed by atoms with van der Waals surface area (Å²) < 4.78 is 26.2. The van der Waals surface area contributed by atoms with E-state index < -0.39 is 18.5 Å². The lowest BCUT2D eigenvalue weighted by atomic mass is 9.85. The van der Waals surface area contributed by atoms with Crippen molar-refractivity contribution < 1.29 is 8.78 Å². The van der Waals surface area contributed by atoms with Crippen LogP contribution in [0.15, 0.2) is 41.7 Å². The Bertz CT molecular complexity index is 1140. The van der Waals surface area contributed by atoms with E-state index in [-0.39, 0.29) is 0 Å². The number of alkyl halides is 2. The van der Waals surface area contributed by atoms with Gasteiger partial charge in [0.25, 0.3) is 12.0 Å². The van der Waals surface area contributed by atoms with Crippen molar-refractivity contribution in [1.82, 2.24) is 24.4 Å². The van der Waals surface area contributed by atoms with Gasteiger partial charge in [-0.05, 0) is 31.0 Å². The summed E-state index contributed by atoms with van der Waals surface area (Å²) in [7, 11) is 0. The van der Waals surface area contributed by atoms with Gasteiger partial charge in [0.2, 0.25) is 0 Å². The maximum atomic E-state index is 12.6. The van der Waals surface area contributed by atoms with Gasteiger partial charge in [-0.15, -0.1) is 0 Å². The van der Waals surface area contributed by atoms with Crippen LogP contribution in [0.2, 0.25) is 0 Å². The van der Waals surface area contributed by atoms with Crippen molar-refractivity contribution in [3.05, 3.63) is 58.7 Å². The third-order valence-corrected chi connectivity index (χ3v) is 6.48. The average molecular weight is 440 g/mol. The van der Waals surface area contributed by atoms with E-state index >= 15 is 0 Å². The van der Waals surface area contributed by atoms with Crippen LogP contribution in [0.1, 0.15) is 36.6 Å². The Morgan fingerprint density at radius 2 is 1.78 bits per heavy atom. The normalized spacial score (nSPS) is 17.8.